The highest BCUT2D eigenvalue weighted by molar-refractivity contribution is 6.11. The lowest BCUT2D eigenvalue weighted by Gasteiger charge is -2.21. The monoisotopic (exact) mass is 584 g/mol. The molecule has 0 spiro atoms. The Hall–Kier alpha value is -4.92. The number of halogens is 1. The number of hydrogen-bond acceptors (Lipinski definition) is 5. The average molecular weight is 585 g/mol. The number of benzene rings is 3. The number of nitrogens with one attached hydrogen (secondary N) is 2. The number of aliphatic carboxylic acids is 1. The molecule has 3 N–H and O–H groups in total. The molecule has 1 fully saturated rings. The summed E-state index contributed by atoms with van der Waals surface area (Å²) >= 11 is 0. The molecule has 1 aliphatic carbocycles. The van der Waals surface area contributed by atoms with Crippen molar-refractivity contribution in [3.63, 3.8) is 0 Å². The highest BCUT2D eigenvalue weighted by atomic mass is 19.1. The molecule has 0 heterocycles. The van der Waals surface area contributed by atoms with E-state index in [1.54, 1.807) is 0 Å². The van der Waals surface area contributed by atoms with Gasteiger partial charge in [-0.2, -0.15) is 0 Å². The van der Waals surface area contributed by atoms with Crippen molar-refractivity contribution in [2.75, 3.05) is 0 Å². The third-order valence-corrected chi connectivity index (χ3v) is 7.43. The summed E-state index contributed by atoms with van der Waals surface area (Å²) < 4.78 is 13.7. The average Bonchev–Trinajstić information content (AvgIpc) is 3.17. The van der Waals surface area contributed by atoms with E-state index in [1.807, 2.05) is 54.6 Å². The van der Waals surface area contributed by atoms with Crippen LogP contribution in [0.2, 0.25) is 0 Å². The van der Waals surface area contributed by atoms with Gasteiger partial charge in [-0.25, -0.2) is 9.18 Å². The van der Waals surface area contributed by atoms with E-state index in [1.165, 1.54) is 19.1 Å². The molecular formula is C34H33FN2O6. The van der Waals surface area contributed by atoms with Crippen molar-refractivity contribution in [1.29, 1.82) is 0 Å². The zero-order valence-corrected chi connectivity index (χ0v) is 23.7. The first-order chi connectivity index (χ1) is 20.6. The first-order valence-corrected chi connectivity index (χ1v) is 14.1. The van der Waals surface area contributed by atoms with Crippen LogP contribution in [0, 0.1) is 5.92 Å². The van der Waals surface area contributed by atoms with Gasteiger partial charge in [0.15, 0.2) is 11.6 Å². The zero-order chi connectivity index (χ0) is 30.9. The van der Waals surface area contributed by atoms with E-state index in [0.29, 0.717) is 19.3 Å². The lowest BCUT2D eigenvalue weighted by atomic mass is 9.89. The molecule has 0 radical (unpaired) electrons. The fraction of sp³-hybridized carbons (Fsp3) is 0.265. The number of rotatable bonds is 10. The van der Waals surface area contributed by atoms with Gasteiger partial charge in [-0.15, -0.1) is 0 Å². The predicted octanol–water partition coefficient (Wildman–Crippen LogP) is 5.14. The van der Waals surface area contributed by atoms with E-state index in [4.69, 9.17) is 5.11 Å². The number of carbonyl (C=O) groups is 5. The van der Waals surface area contributed by atoms with E-state index < -0.39 is 35.8 Å². The van der Waals surface area contributed by atoms with Crippen molar-refractivity contribution in [2.24, 2.45) is 5.92 Å². The molecule has 8 nitrogen and oxygen atoms in total. The molecule has 0 saturated heterocycles. The number of hydrogen-bond donors (Lipinski definition) is 3. The Morgan fingerprint density at radius 2 is 1.53 bits per heavy atom. The van der Waals surface area contributed by atoms with Crippen molar-refractivity contribution in [1.82, 2.24) is 10.6 Å². The summed E-state index contributed by atoms with van der Waals surface area (Å²) in [5.74, 6) is -4.08. The maximum Gasteiger partial charge on any atom is 0.343 e. The number of allylic oxidation sites excluding steroid dienone is 1. The number of amides is 2. The van der Waals surface area contributed by atoms with Crippen molar-refractivity contribution < 1.29 is 33.5 Å². The van der Waals surface area contributed by atoms with Crippen LogP contribution in [0.4, 0.5) is 4.39 Å². The van der Waals surface area contributed by atoms with Gasteiger partial charge >= 0.3 is 5.97 Å². The van der Waals surface area contributed by atoms with Gasteiger partial charge in [-0.3, -0.25) is 19.2 Å². The van der Waals surface area contributed by atoms with Gasteiger partial charge in [-0.05, 0) is 41.5 Å². The molecule has 43 heavy (non-hydrogen) atoms. The van der Waals surface area contributed by atoms with Crippen LogP contribution in [-0.2, 0) is 25.6 Å². The van der Waals surface area contributed by atoms with E-state index in [0.717, 1.165) is 47.7 Å². The Balaban J connectivity index is 1.45. The third-order valence-electron chi connectivity index (χ3n) is 7.43. The normalized spacial score (nSPS) is 17.8. The van der Waals surface area contributed by atoms with Crippen LogP contribution in [-0.4, -0.2) is 40.5 Å². The van der Waals surface area contributed by atoms with Gasteiger partial charge in [0.05, 0.1) is 6.04 Å². The van der Waals surface area contributed by atoms with Crippen molar-refractivity contribution in [3.8, 4) is 11.1 Å². The van der Waals surface area contributed by atoms with Crippen LogP contribution >= 0.6 is 0 Å². The minimum absolute atomic E-state index is 0.0564. The second-order valence-corrected chi connectivity index (χ2v) is 10.6. The molecule has 4 rings (SSSR count). The topological polar surface area (TPSA) is 130 Å². The lowest BCUT2D eigenvalue weighted by Crippen LogP contribution is -2.46. The maximum atomic E-state index is 13.7. The van der Waals surface area contributed by atoms with Crippen molar-refractivity contribution >= 4 is 29.4 Å². The summed E-state index contributed by atoms with van der Waals surface area (Å²) in [4.78, 5) is 62.3. The highest BCUT2D eigenvalue weighted by Crippen LogP contribution is 2.26. The summed E-state index contributed by atoms with van der Waals surface area (Å²) in [5.41, 5.74) is 2.79. The van der Waals surface area contributed by atoms with E-state index in [-0.39, 0.29) is 28.5 Å². The highest BCUT2D eigenvalue weighted by Gasteiger charge is 2.31. The molecule has 3 unspecified atom stereocenters. The van der Waals surface area contributed by atoms with Crippen molar-refractivity contribution in [2.45, 2.75) is 51.2 Å². The van der Waals surface area contributed by atoms with Crippen LogP contribution in [0.25, 0.3) is 11.1 Å². The summed E-state index contributed by atoms with van der Waals surface area (Å²) in [5, 5.41) is 13.9. The van der Waals surface area contributed by atoms with Crippen LogP contribution in [0.1, 0.15) is 60.3 Å². The minimum atomic E-state index is -2.24. The fourth-order valence-corrected chi connectivity index (χ4v) is 5.16. The largest absolute Gasteiger partial charge is 0.479 e. The van der Waals surface area contributed by atoms with Gasteiger partial charge in [0.2, 0.25) is 12.1 Å². The SMILES string of the molecule is CC(=O)N/C(=C/C(=O)c1ccc(C(F)C(=O)O)cc1)C(=O)NC1CCCCC(Cc2ccc(-c3ccccc3)cc2)C1=O. The maximum absolute atomic E-state index is 13.7. The zero-order valence-electron chi connectivity index (χ0n) is 23.7. The molecule has 0 aliphatic heterocycles. The second kappa shape index (κ2) is 14.3. The summed E-state index contributed by atoms with van der Waals surface area (Å²) in [6.07, 6.45) is 1.91. The van der Waals surface area contributed by atoms with E-state index in [2.05, 4.69) is 10.6 Å². The minimum Gasteiger partial charge on any atom is -0.479 e. The van der Waals surface area contributed by atoms with Crippen LogP contribution < -0.4 is 10.6 Å². The molecule has 3 aromatic carbocycles. The van der Waals surface area contributed by atoms with Crippen LogP contribution in [0.3, 0.4) is 0 Å². The van der Waals surface area contributed by atoms with Gasteiger partial charge in [0, 0.05) is 24.5 Å². The van der Waals surface area contributed by atoms with Gasteiger partial charge < -0.3 is 15.7 Å². The number of carbonyl (C=O) groups excluding carboxylic acids is 4. The Labute approximate surface area is 249 Å². The van der Waals surface area contributed by atoms with E-state index in [9.17, 15) is 28.4 Å². The molecular weight excluding hydrogens is 551 g/mol. The molecule has 3 atom stereocenters. The molecule has 0 bridgehead atoms. The van der Waals surface area contributed by atoms with Crippen LogP contribution in [0.5, 0.6) is 0 Å². The third kappa shape index (κ3) is 8.31. The standard InChI is InChI=1S/C34H33FN2O6/c1-21(38)36-29(20-30(39)25-15-17-26(18-16-25)31(35)34(42)43)33(41)37-28-10-6-5-9-27(32(28)40)19-22-11-13-24(14-12-22)23-7-3-2-4-8-23/h2-4,7-8,11-18,20,27-28,31H,5-6,9-10,19H2,1H3,(H,36,38)(H,37,41)(H,42,43)/b29-20+. The van der Waals surface area contributed by atoms with E-state index >= 15 is 0 Å². The predicted molar refractivity (Wildman–Crippen MR) is 159 cm³/mol. The number of carboxylic acid groups (broad SMARTS) is 1. The van der Waals surface area contributed by atoms with Gasteiger partial charge in [0.1, 0.15) is 5.70 Å². The lowest BCUT2D eigenvalue weighted by molar-refractivity contribution is -0.143. The fourth-order valence-electron chi connectivity index (χ4n) is 5.16. The van der Waals surface area contributed by atoms with Gasteiger partial charge in [0.25, 0.3) is 5.91 Å². The quantitative estimate of drug-likeness (QED) is 0.172. The number of carboxylic acids is 1. The summed E-state index contributed by atoms with van der Waals surface area (Å²) in [6, 6.07) is 22.1. The number of Topliss-reactive ketones (excluding diaryl/α,β-unsaturated/α-hetero) is 1. The second-order valence-electron chi connectivity index (χ2n) is 10.6. The molecule has 3 aromatic rings. The Morgan fingerprint density at radius 3 is 2.16 bits per heavy atom. The molecule has 1 aliphatic rings. The molecule has 9 heteroatoms. The van der Waals surface area contributed by atoms with Crippen LogP contribution in [0.15, 0.2) is 90.6 Å². The number of ketones is 2. The Kier molecular flexibility index (Phi) is 10.3. The smallest absolute Gasteiger partial charge is 0.343 e. The summed E-state index contributed by atoms with van der Waals surface area (Å²) in [6.45, 7) is 1.18. The molecule has 0 aromatic heterocycles. The Morgan fingerprint density at radius 1 is 0.907 bits per heavy atom. The first kappa shape index (κ1) is 31.0. The Bertz CT molecular complexity index is 1520. The molecule has 1 saturated carbocycles. The summed E-state index contributed by atoms with van der Waals surface area (Å²) in [7, 11) is 0. The van der Waals surface area contributed by atoms with Crippen molar-refractivity contribution in [3.05, 3.63) is 107 Å². The first-order valence-electron chi connectivity index (χ1n) is 14.1. The number of alkyl halides is 1. The van der Waals surface area contributed by atoms with Gasteiger partial charge in [-0.1, -0.05) is 91.7 Å². The molecule has 222 valence electrons. The molecule has 2 amide bonds.